The summed E-state index contributed by atoms with van der Waals surface area (Å²) in [5, 5.41) is 11.3. The number of hydrogen-bond donors (Lipinski definition) is 2. The number of piperidine rings is 1. The first-order valence-corrected chi connectivity index (χ1v) is 12.7. The number of carbonyl (C=O) groups excluding carboxylic acids is 1. The third-order valence-electron chi connectivity index (χ3n) is 7.99. The average molecular weight is 482 g/mol. The lowest BCUT2D eigenvalue weighted by Gasteiger charge is -2.34. The van der Waals surface area contributed by atoms with Crippen LogP contribution in [0.2, 0.25) is 0 Å². The lowest BCUT2D eigenvalue weighted by molar-refractivity contribution is -0.130. The van der Waals surface area contributed by atoms with Gasteiger partial charge in [-0.25, -0.2) is 9.97 Å². The van der Waals surface area contributed by atoms with Crippen LogP contribution in [0.15, 0.2) is 60.9 Å². The second kappa shape index (κ2) is 8.45. The van der Waals surface area contributed by atoms with Gasteiger partial charge >= 0.3 is 0 Å². The molecule has 0 unspecified atom stereocenters. The summed E-state index contributed by atoms with van der Waals surface area (Å²) in [5.74, 6) is 1.74. The number of amides is 1. The molecule has 0 spiro atoms. The van der Waals surface area contributed by atoms with E-state index in [9.17, 15) is 9.90 Å². The molecule has 2 aliphatic rings. The lowest BCUT2D eigenvalue weighted by atomic mass is 9.87. The van der Waals surface area contributed by atoms with Crippen LogP contribution in [-0.2, 0) is 10.4 Å². The molecule has 184 valence electrons. The van der Waals surface area contributed by atoms with Crippen molar-refractivity contribution in [3.63, 3.8) is 0 Å². The summed E-state index contributed by atoms with van der Waals surface area (Å²) < 4.78 is 2.04. The summed E-state index contributed by atoms with van der Waals surface area (Å²) in [7, 11) is 0. The molecule has 3 atom stereocenters. The van der Waals surface area contributed by atoms with Crippen LogP contribution in [0, 0.1) is 6.92 Å². The lowest BCUT2D eigenvalue weighted by Crippen LogP contribution is -2.41. The summed E-state index contributed by atoms with van der Waals surface area (Å²) in [6, 6.07) is 16.2. The van der Waals surface area contributed by atoms with Crippen LogP contribution in [0.3, 0.4) is 0 Å². The zero-order chi connectivity index (χ0) is 25.0. The minimum atomic E-state index is -1.12. The summed E-state index contributed by atoms with van der Waals surface area (Å²) in [4.78, 5) is 23.9. The van der Waals surface area contributed by atoms with E-state index in [0.717, 1.165) is 58.6 Å². The SMILES string of the molecule is Cc1cccc([C@@](C)(O)c2ccc(-c3nc([C@@H]4CC[C@H]5CCC(=O)N5C4)n4ccnc(N)c34)cc2)c1. The molecule has 36 heavy (non-hydrogen) atoms. The number of imidazole rings is 1. The highest BCUT2D eigenvalue weighted by molar-refractivity contribution is 5.85. The van der Waals surface area contributed by atoms with Gasteiger partial charge in [0.2, 0.25) is 5.91 Å². The van der Waals surface area contributed by atoms with Crippen molar-refractivity contribution in [1.29, 1.82) is 0 Å². The van der Waals surface area contributed by atoms with Crippen LogP contribution in [0.25, 0.3) is 16.8 Å². The van der Waals surface area contributed by atoms with E-state index in [1.807, 2.05) is 77.9 Å². The number of nitrogen functional groups attached to an aromatic ring is 1. The molecule has 7 heteroatoms. The van der Waals surface area contributed by atoms with Gasteiger partial charge in [0.05, 0.1) is 0 Å². The van der Waals surface area contributed by atoms with Crippen molar-refractivity contribution in [3.8, 4) is 11.3 Å². The van der Waals surface area contributed by atoms with Gasteiger partial charge in [-0.15, -0.1) is 0 Å². The van der Waals surface area contributed by atoms with E-state index in [2.05, 4.69) is 4.98 Å². The zero-order valence-corrected chi connectivity index (χ0v) is 20.7. The summed E-state index contributed by atoms with van der Waals surface area (Å²) in [6.45, 7) is 4.54. The van der Waals surface area contributed by atoms with Crippen LogP contribution in [0.5, 0.6) is 0 Å². The third kappa shape index (κ3) is 3.66. The molecule has 1 amide bonds. The van der Waals surface area contributed by atoms with Gasteiger partial charge in [0.15, 0.2) is 0 Å². The van der Waals surface area contributed by atoms with Gasteiger partial charge in [0.25, 0.3) is 0 Å². The molecule has 4 heterocycles. The summed E-state index contributed by atoms with van der Waals surface area (Å²) in [6.07, 6.45) is 7.23. The van der Waals surface area contributed by atoms with Crippen molar-refractivity contribution in [2.45, 2.75) is 57.1 Å². The number of fused-ring (bicyclic) bond motifs is 2. The smallest absolute Gasteiger partial charge is 0.222 e. The number of nitrogens with zero attached hydrogens (tertiary/aromatic N) is 4. The number of hydrogen-bond acceptors (Lipinski definition) is 5. The fourth-order valence-corrected chi connectivity index (χ4v) is 5.92. The number of nitrogens with two attached hydrogens (primary N) is 1. The van der Waals surface area contributed by atoms with Crippen LogP contribution in [-0.4, -0.2) is 42.9 Å². The van der Waals surface area contributed by atoms with Gasteiger partial charge in [-0.05, 0) is 44.2 Å². The van der Waals surface area contributed by atoms with Crippen LogP contribution >= 0.6 is 0 Å². The highest BCUT2D eigenvalue weighted by Gasteiger charge is 2.38. The summed E-state index contributed by atoms with van der Waals surface area (Å²) in [5.41, 5.74) is 10.5. The quantitative estimate of drug-likeness (QED) is 0.450. The Balaban J connectivity index is 1.38. The number of rotatable bonds is 4. The summed E-state index contributed by atoms with van der Waals surface area (Å²) >= 11 is 0. The molecular formula is C29H31N5O2. The third-order valence-corrected chi connectivity index (χ3v) is 7.99. The number of aryl methyl sites for hydroxylation is 1. The second-order valence-electron chi connectivity index (χ2n) is 10.4. The topological polar surface area (TPSA) is 96.8 Å². The van der Waals surface area contributed by atoms with E-state index in [4.69, 9.17) is 10.7 Å². The Hall–Kier alpha value is -3.71. The number of benzene rings is 2. The Bertz CT molecular complexity index is 1460. The molecule has 2 aromatic heterocycles. The predicted molar refractivity (Wildman–Crippen MR) is 139 cm³/mol. The number of aliphatic hydroxyl groups is 1. The molecule has 0 saturated carbocycles. The first-order valence-electron chi connectivity index (χ1n) is 12.7. The van der Waals surface area contributed by atoms with Gasteiger partial charge in [0.1, 0.15) is 28.5 Å². The maximum atomic E-state index is 12.4. The van der Waals surface area contributed by atoms with Crippen LogP contribution in [0.1, 0.15) is 61.0 Å². The van der Waals surface area contributed by atoms with E-state index in [1.54, 1.807) is 6.20 Å². The molecule has 3 N–H and O–H groups in total. The van der Waals surface area contributed by atoms with Crippen LogP contribution < -0.4 is 5.73 Å². The van der Waals surface area contributed by atoms with Crippen molar-refractivity contribution in [2.75, 3.05) is 12.3 Å². The maximum Gasteiger partial charge on any atom is 0.222 e. The molecule has 2 saturated heterocycles. The van der Waals surface area contributed by atoms with E-state index in [1.165, 1.54) is 0 Å². The number of carbonyl (C=O) groups is 1. The molecule has 2 aliphatic heterocycles. The van der Waals surface area contributed by atoms with Crippen molar-refractivity contribution in [2.24, 2.45) is 0 Å². The largest absolute Gasteiger partial charge is 0.382 e. The van der Waals surface area contributed by atoms with Crippen molar-refractivity contribution in [3.05, 3.63) is 83.4 Å². The molecule has 0 radical (unpaired) electrons. The molecule has 2 fully saturated rings. The van der Waals surface area contributed by atoms with Gasteiger partial charge in [-0.2, -0.15) is 0 Å². The Kier molecular flexibility index (Phi) is 5.34. The zero-order valence-electron chi connectivity index (χ0n) is 20.7. The fraction of sp³-hybridized carbons (Fsp3) is 0.345. The van der Waals surface area contributed by atoms with Crippen molar-refractivity contribution in [1.82, 2.24) is 19.3 Å². The van der Waals surface area contributed by atoms with Crippen molar-refractivity contribution >= 4 is 17.2 Å². The number of anilines is 1. The fourth-order valence-electron chi connectivity index (χ4n) is 5.92. The highest BCUT2D eigenvalue weighted by Crippen LogP contribution is 2.38. The van der Waals surface area contributed by atoms with E-state index < -0.39 is 5.60 Å². The van der Waals surface area contributed by atoms with E-state index in [0.29, 0.717) is 24.8 Å². The van der Waals surface area contributed by atoms with Gasteiger partial charge < -0.3 is 15.7 Å². The Morgan fingerprint density at radius 3 is 2.67 bits per heavy atom. The Morgan fingerprint density at radius 2 is 1.89 bits per heavy atom. The number of aromatic nitrogens is 3. The second-order valence-corrected chi connectivity index (χ2v) is 10.4. The molecule has 0 aliphatic carbocycles. The van der Waals surface area contributed by atoms with Gasteiger partial charge in [0, 0.05) is 42.9 Å². The normalized spacial score (nSPS) is 21.5. The molecule has 4 aromatic rings. The van der Waals surface area contributed by atoms with E-state index >= 15 is 0 Å². The first-order chi connectivity index (χ1) is 17.3. The minimum Gasteiger partial charge on any atom is -0.382 e. The molecule has 7 nitrogen and oxygen atoms in total. The van der Waals surface area contributed by atoms with Gasteiger partial charge in [-0.1, -0.05) is 54.1 Å². The molecule has 6 rings (SSSR count). The van der Waals surface area contributed by atoms with Gasteiger partial charge in [-0.3, -0.25) is 9.20 Å². The Morgan fingerprint density at radius 1 is 1.08 bits per heavy atom. The standard InChI is InChI=1S/C29H31N5O2/c1-18-4-3-5-22(16-18)29(2,36)21-9-6-19(7-10-21)25-26-27(30)31-14-15-33(26)28(32-25)20-8-11-23-12-13-24(35)34(23)17-20/h3-7,9-10,14-16,20,23,36H,8,11-13,17H2,1-2H3,(H2,30,31)/t20-,23+,29+/m1/s1. The first kappa shape index (κ1) is 22.7. The monoisotopic (exact) mass is 481 g/mol. The Labute approximate surface area is 210 Å². The van der Waals surface area contributed by atoms with Crippen molar-refractivity contribution < 1.29 is 9.90 Å². The highest BCUT2D eigenvalue weighted by atomic mass is 16.3. The molecule has 0 bridgehead atoms. The predicted octanol–water partition coefficient (Wildman–Crippen LogP) is 4.41. The average Bonchev–Trinajstić information content (AvgIpc) is 3.45. The maximum absolute atomic E-state index is 12.4. The minimum absolute atomic E-state index is 0.146. The van der Waals surface area contributed by atoms with Crippen LogP contribution in [0.4, 0.5) is 5.82 Å². The molecular weight excluding hydrogens is 450 g/mol. The van der Waals surface area contributed by atoms with E-state index in [-0.39, 0.29) is 11.8 Å². The molecule has 2 aromatic carbocycles.